The van der Waals surface area contributed by atoms with Crippen molar-refractivity contribution in [3.8, 4) is 23.3 Å². The fourth-order valence-electron chi connectivity index (χ4n) is 2.43. The molecule has 0 saturated heterocycles. The zero-order valence-electron chi connectivity index (χ0n) is 13.4. The standard InChI is InChI=1S/C18H18N4O2/c1-2-3-8-24-11-12-6-4-5-7-13(12)16-14(9-19)17(21)22-18(23)15(16)10-20/h4-7H,2-3,8,11H2,1H3,(H3,21,22,23). The van der Waals surface area contributed by atoms with Crippen LogP contribution in [0.4, 0.5) is 5.82 Å². The Morgan fingerprint density at radius 3 is 2.58 bits per heavy atom. The first-order chi connectivity index (χ1) is 11.6. The van der Waals surface area contributed by atoms with Crippen LogP contribution in [0.5, 0.6) is 0 Å². The number of rotatable bonds is 6. The van der Waals surface area contributed by atoms with Crippen LogP contribution in [0, 0.1) is 22.7 Å². The van der Waals surface area contributed by atoms with E-state index in [0.717, 1.165) is 18.4 Å². The van der Waals surface area contributed by atoms with Crippen molar-refractivity contribution in [3.05, 3.63) is 51.3 Å². The number of benzene rings is 1. The van der Waals surface area contributed by atoms with Gasteiger partial charge in [-0.1, -0.05) is 37.6 Å². The molecule has 0 aliphatic rings. The average molecular weight is 322 g/mol. The van der Waals surface area contributed by atoms with Crippen molar-refractivity contribution in [2.75, 3.05) is 12.3 Å². The van der Waals surface area contributed by atoms with E-state index in [1.807, 2.05) is 24.3 Å². The van der Waals surface area contributed by atoms with E-state index < -0.39 is 5.56 Å². The van der Waals surface area contributed by atoms with E-state index in [1.165, 1.54) is 0 Å². The summed E-state index contributed by atoms with van der Waals surface area (Å²) in [6.07, 6.45) is 1.98. The fourth-order valence-corrected chi connectivity index (χ4v) is 2.43. The second-order valence-corrected chi connectivity index (χ2v) is 5.28. The van der Waals surface area contributed by atoms with Crippen molar-refractivity contribution < 1.29 is 4.74 Å². The number of aromatic nitrogens is 1. The first-order valence-electron chi connectivity index (χ1n) is 7.66. The molecule has 0 aliphatic heterocycles. The van der Waals surface area contributed by atoms with Gasteiger partial charge in [0.1, 0.15) is 29.1 Å². The summed E-state index contributed by atoms with van der Waals surface area (Å²) in [6.45, 7) is 3.03. The molecule has 122 valence electrons. The molecular formula is C18H18N4O2. The summed E-state index contributed by atoms with van der Waals surface area (Å²) in [6, 6.07) is 11.1. The number of unbranched alkanes of at least 4 members (excludes halogenated alkanes) is 1. The number of nitrogens with two attached hydrogens (primary N) is 1. The Bertz CT molecular complexity index is 872. The van der Waals surface area contributed by atoms with Crippen molar-refractivity contribution >= 4 is 5.82 Å². The molecule has 0 fully saturated rings. The molecule has 2 aromatic rings. The van der Waals surface area contributed by atoms with Crippen LogP contribution < -0.4 is 11.3 Å². The molecule has 0 unspecified atom stereocenters. The van der Waals surface area contributed by atoms with Gasteiger partial charge in [-0.2, -0.15) is 10.5 Å². The molecule has 0 aliphatic carbocycles. The molecule has 1 aromatic carbocycles. The minimum absolute atomic E-state index is 0.0433. The number of nitrogen functional groups attached to an aromatic ring is 1. The van der Waals surface area contributed by atoms with E-state index in [9.17, 15) is 15.3 Å². The molecule has 6 heteroatoms. The maximum absolute atomic E-state index is 12.0. The number of nitriles is 2. The maximum Gasteiger partial charge on any atom is 0.268 e. The second-order valence-electron chi connectivity index (χ2n) is 5.28. The van der Waals surface area contributed by atoms with Gasteiger partial charge < -0.3 is 15.5 Å². The summed E-state index contributed by atoms with van der Waals surface area (Å²) in [7, 11) is 0. The van der Waals surface area contributed by atoms with Gasteiger partial charge in [-0.15, -0.1) is 0 Å². The van der Waals surface area contributed by atoms with E-state index in [2.05, 4.69) is 11.9 Å². The highest BCUT2D eigenvalue weighted by Gasteiger charge is 2.20. The third-order valence-electron chi connectivity index (χ3n) is 3.65. The minimum Gasteiger partial charge on any atom is -0.384 e. The van der Waals surface area contributed by atoms with Crippen LogP contribution in [0.15, 0.2) is 29.1 Å². The molecule has 24 heavy (non-hydrogen) atoms. The number of nitrogens with zero attached hydrogens (tertiary/aromatic N) is 2. The smallest absolute Gasteiger partial charge is 0.268 e. The van der Waals surface area contributed by atoms with E-state index in [4.69, 9.17) is 10.5 Å². The third-order valence-corrected chi connectivity index (χ3v) is 3.65. The van der Waals surface area contributed by atoms with E-state index >= 15 is 0 Å². The number of aromatic amines is 1. The van der Waals surface area contributed by atoms with Crippen LogP contribution in [0.2, 0.25) is 0 Å². The molecule has 1 heterocycles. The predicted molar refractivity (Wildman–Crippen MR) is 90.9 cm³/mol. The van der Waals surface area contributed by atoms with Gasteiger partial charge in [0.05, 0.1) is 6.61 Å². The van der Waals surface area contributed by atoms with E-state index in [0.29, 0.717) is 18.8 Å². The van der Waals surface area contributed by atoms with Gasteiger partial charge in [0, 0.05) is 12.2 Å². The Kier molecular flexibility index (Phi) is 5.73. The number of hydrogen-bond acceptors (Lipinski definition) is 5. The van der Waals surface area contributed by atoms with Crippen LogP contribution in [-0.4, -0.2) is 11.6 Å². The van der Waals surface area contributed by atoms with Crippen molar-refractivity contribution in [1.29, 1.82) is 10.5 Å². The van der Waals surface area contributed by atoms with Gasteiger partial charge in [0.15, 0.2) is 0 Å². The molecule has 6 nitrogen and oxygen atoms in total. The SMILES string of the molecule is CCCCOCc1ccccc1-c1c(C#N)c(N)[nH]c(=O)c1C#N. The number of H-pyrrole nitrogens is 1. The Morgan fingerprint density at radius 1 is 1.21 bits per heavy atom. The second kappa shape index (κ2) is 7.96. The Balaban J connectivity index is 2.59. The van der Waals surface area contributed by atoms with Gasteiger partial charge in [0.25, 0.3) is 5.56 Å². The molecule has 1 aromatic heterocycles. The summed E-state index contributed by atoms with van der Waals surface area (Å²) in [5.74, 6) is -0.0433. The highest BCUT2D eigenvalue weighted by Crippen LogP contribution is 2.31. The predicted octanol–water partition coefficient (Wildman–Crippen LogP) is 2.68. The summed E-state index contributed by atoms with van der Waals surface area (Å²) in [4.78, 5) is 14.4. The first kappa shape index (κ1) is 17.3. The average Bonchev–Trinajstić information content (AvgIpc) is 2.58. The minimum atomic E-state index is -0.606. The number of hydrogen-bond donors (Lipinski definition) is 2. The molecular weight excluding hydrogens is 304 g/mol. The Hall–Kier alpha value is -3.09. The van der Waals surface area contributed by atoms with Gasteiger partial charge in [0.2, 0.25) is 0 Å². The van der Waals surface area contributed by atoms with Gasteiger partial charge in [-0.05, 0) is 17.5 Å². The normalized spacial score (nSPS) is 10.1. The Labute approximate surface area is 140 Å². The van der Waals surface area contributed by atoms with Gasteiger partial charge >= 0.3 is 0 Å². The molecule has 0 saturated carbocycles. The third kappa shape index (κ3) is 3.45. The van der Waals surface area contributed by atoms with Crippen LogP contribution in [0.1, 0.15) is 36.5 Å². The van der Waals surface area contributed by atoms with Crippen molar-refractivity contribution in [2.45, 2.75) is 26.4 Å². The quantitative estimate of drug-likeness (QED) is 0.793. The van der Waals surface area contributed by atoms with Crippen molar-refractivity contribution in [3.63, 3.8) is 0 Å². The zero-order chi connectivity index (χ0) is 17.5. The summed E-state index contributed by atoms with van der Waals surface area (Å²) in [5.41, 5.74) is 6.79. The molecule has 0 bridgehead atoms. The van der Waals surface area contributed by atoms with Crippen molar-refractivity contribution in [2.24, 2.45) is 0 Å². The fraction of sp³-hybridized carbons (Fsp3) is 0.278. The largest absolute Gasteiger partial charge is 0.384 e. The lowest BCUT2D eigenvalue weighted by Gasteiger charge is -2.13. The molecule has 0 radical (unpaired) electrons. The highest BCUT2D eigenvalue weighted by molar-refractivity contribution is 5.81. The van der Waals surface area contributed by atoms with Crippen molar-refractivity contribution in [1.82, 2.24) is 4.98 Å². The molecule has 0 amide bonds. The topological polar surface area (TPSA) is 116 Å². The number of nitrogens with one attached hydrogen (secondary N) is 1. The molecule has 3 N–H and O–H groups in total. The molecule has 0 atom stereocenters. The van der Waals surface area contributed by atoms with Crippen LogP contribution in [0.3, 0.4) is 0 Å². The molecule has 0 spiro atoms. The lowest BCUT2D eigenvalue weighted by molar-refractivity contribution is 0.118. The number of ether oxygens (including phenoxy) is 1. The van der Waals surface area contributed by atoms with Crippen LogP contribution in [0.25, 0.3) is 11.1 Å². The maximum atomic E-state index is 12.0. The lowest BCUT2D eigenvalue weighted by atomic mass is 9.93. The van der Waals surface area contributed by atoms with Crippen LogP contribution in [-0.2, 0) is 11.3 Å². The van der Waals surface area contributed by atoms with Crippen LogP contribution >= 0.6 is 0 Å². The Morgan fingerprint density at radius 2 is 1.92 bits per heavy atom. The van der Waals surface area contributed by atoms with Gasteiger partial charge in [-0.25, -0.2) is 0 Å². The first-order valence-corrected chi connectivity index (χ1v) is 7.66. The highest BCUT2D eigenvalue weighted by atomic mass is 16.5. The van der Waals surface area contributed by atoms with Gasteiger partial charge in [-0.3, -0.25) is 4.79 Å². The number of pyridine rings is 1. The lowest BCUT2D eigenvalue weighted by Crippen LogP contribution is -2.16. The molecule has 2 rings (SSSR count). The number of anilines is 1. The zero-order valence-corrected chi connectivity index (χ0v) is 13.4. The summed E-state index contributed by atoms with van der Waals surface area (Å²) >= 11 is 0. The summed E-state index contributed by atoms with van der Waals surface area (Å²) in [5, 5.41) is 18.8. The van der Waals surface area contributed by atoms with E-state index in [-0.39, 0.29) is 22.5 Å². The van der Waals surface area contributed by atoms with E-state index in [1.54, 1.807) is 12.1 Å². The summed E-state index contributed by atoms with van der Waals surface area (Å²) < 4.78 is 5.65. The monoisotopic (exact) mass is 322 g/mol.